The van der Waals surface area contributed by atoms with Gasteiger partial charge in [-0.05, 0) is 36.5 Å². The van der Waals surface area contributed by atoms with E-state index >= 15 is 0 Å². The minimum Gasteiger partial charge on any atom is -0.396 e. The Bertz CT molecular complexity index is 129. The third-order valence-electron chi connectivity index (χ3n) is 3.11. The fraction of sp³-hybridized carbons (Fsp3) is 1.00. The second-order valence-electron chi connectivity index (χ2n) is 4.83. The lowest BCUT2D eigenvalue weighted by Gasteiger charge is -2.38. The Morgan fingerprint density at radius 2 is 2.09 bits per heavy atom. The quantitative estimate of drug-likeness (QED) is 0.618. The van der Waals surface area contributed by atoms with Gasteiger partial charge in [-0.25, -0.2) is 0 Å². The molecule has 0 amide bonds. The maximum Gasteiger partial charge on any atom is 0.0461 e. The van der Waals surface area contributed by atoms with Crippen molar-refractivity contribution in [1.82, 2.24) is 0 Å². The molecule has 1 nitrogen and oxygen atoms in total. The van der Waals surface area contributed by atoms with E-state index in [4.69, 9.17) is 5.11 Å². The Labute approximate surface area is 69.8 Å². The zero-order valence-corrected chi connectivity index (χ0v) is 7.93. The molecular formula is C10H20O. The van der Waals surface area contributed by atoms with Crippen molar-refractivity contribution in [3.8, 4) is 0 Å². The third-order valence-corrected chi connectivity index (χ3v) is 3.11. The van der Waals surface area contributed by atoms with E-state index in [1.807, 2.05) is 0 Å². The average molecular weight is 156 g/mol. The topological polar surface area (TPSA) is 20.2 Å². The molecule has 0 aliphatic heterocycles. The van der Waals surface area contributed by atoms with E-state index in [1.165, 1.54) is 19.3 Å². The number of hydrogen-bond donors (Lipinski definition) is 1. The molecular weight excluding hydrogens is 136 g/mol. The Morgan fingerprint density at radius 3 is 2.55 bits per heavy atom. The molecule has 0 spiro atoms. The summed E-state index contributed by atoms with van der Waals surface area (Å²) in [6, 6.07) is 0. The van der Waals surface area contributed by atoms with Gasteiger partial charge < -0.3 is 5.11 Å². The van der Waals surface area contributed by atoms with Crippen molar-refractivity contribution in [2.45, 2.75) is 40.0 Å². The summed E-state index contributed by atoms with van der Waals surface area (Å²) in [7, 11) is 0. The van der Waals surface area contributed by atoms with Gasteiger partial charge in [0.15, 0.2) is 0 Å². The van der Waals surface area contributed by atoms with E-state index in [2.05, 4.69) is 20.8 Å². The molecule has 0 aromatic rings. The van der Waals surface area contributed by atoms with E-state index in [-0.39, 0.29) is 0 Å². The second-order valence-corrected chi connectivity index (χ2v) is 4.83. The molecule has 2 atom stereocenters. The molecule has 1 saturated carbocycles. The van der Waals surface area contributed by atoms with Crippen LogP contribution >= 0.6 is 0 Å². The van der Waals surface area contributed by atoms with Crippen LogP contribution in [0.3, 0.4) is 0 Å². The van der Waals surface area contributed by atoms with Crippen LogP contribution in [0.2, 0.25) is 0 Å². The van der Waals surface area contributed by atoms with Gasteiger partial charge in [-0.15, -0.1) is 0 Å². The smallest absolute Gasteiger partial charge is 0.0461 e. The number of aliphatic hydroxyl groups excluding tert-OH is 1. The minimum atomic E-state index is 0.386. The monoisotopic (exact) mass is 156 g/mol. The first-order chi connectivity index (χ1) is 5.05. The van der Waals surface area contributed by atoms with E-state index in [0.717, 1.165) is 0 Å². The zero-order valence-electron chi connectivity index (χ0n) is 7.93. The first-order valence-corrected chi connectivity index (χ1v) is 4.66. The van der Waals surface area contributed by atoms with Gasteiger partial charge >= 0.3 is 0 Å². The van der Waals surface area contributed by atoms with Crippen molar-refractivity contribution in [1.29, 1.82) is 0 Å². The van der Waals surface area contributed by atoms with Crippen LogP contribution in [-0.4, -0.2) is 11.7 Å². The van der Waals surface area contributed by atoms with Gasteiger partial charge in [0.25, 0.3) is 0 Å². The van der Waals surface area contributed by atoms with Gasteiger partial charge in [-0.1, -0.05) is 20.8 Å². The Morgan fingerprint density at radius 1 is 1.45 bits per heavy atom. The predicted octanol–water partition coefficient (Wildman–Crippen LogP) is 2.44. The number of aliphatic hydroxyl groups is 1. The summed E-state index contributed by atoms with van der Waals surface area (Å²) in [4.78, 5) is 0. The Hall–Kier alpha value is -0.0400. The highest BCUT2D eigenvalue weighted by atomic mass is 16.3. The highest BCUT2D eigenvalue weighted by molar-refractivity contribution is 4.82. The van der Waals surface area contributed by atoms with E-state index < -0.39 is 0 Å². The molecule has 0 heterocycles. The normalized spacial score (nSPS) is 37.1. The Kier molecular flexibility index (Phi) is 2.58. The van der Waals surface area contributed by atoms with Crippen molar-refractivity contribution in [2.24, 2.45) is 17.3 Å². The first-order valence-electron chi connectivity index (χ1n) is 4.66. The lowest BCUT2D eigenvalue weighted by Crippen LogP contribution is -2.29. The molecule has 0 bridgehead atoms. The molecule has 0 aromatic heterocycles. The summed E-state index contributed by atoms with van der Waals surface area (Å²) < 4.78 is 0. The maximum absolute atomic E-state index is 9.03. The average Bonchev–Trinajstić information content (AvgIpc) is 1.86. The summed E-state index contributed by atoms with van der Waals surface area (Å²) in [5, 5.41) is 9.03. The molecule has 1 N–H and O–H groups in total. The second kappa shape index (κ2) is 3.14. The first kappa shape index (κ1) is 9.05. The highest BCUT2D eigenvalue weighted by Crippen LogP contribution is 2.41. The van der Waals surface area contributed by atoms with Crippen LogP contribution in [0.5, 0.6) is 0 Å². The number of hydrogen-bond acceptors (Lipinski definition) is 1. The summed E-state index contributed by atoms with van der Waals surface area (Å²) in [6.07, 6.45) is 3.77. The molecule has 1 heteroatoms. The summed E-state index contributed by atoms with van der Waals surface area (Å²) in [6.45, 7) is 7.31. The number of rotatable bonds is 1. The van der Waals surface area contributed by atoms with Crippen LogP contribution in [0.25, 0.3) is 0 Å². The van der Waals surface area contributed by atoms with E-state index in [9.17, 15) is 0 Å². The van der Waals surface area contributed by atoms with E-state index in [0.29, 0.717) is 23.9 Å². The SMILES string of the molecule is CC1CC(C)(C)CCC1CO. The van der Waals surface area contributed by atoms with Crippen LogP contribution in [0.15, 0.2) is 0 Å². The minimum absolute atomic E-state index is 0.386. The molecule has 11 heavy (non-hydrogen) atoms. The van der Waals surface area contributed by atoms with Crippen LogP contribution in [0.4, 0.5) is 0 Å². The summed E-state index contributed by atoms with van der Waals surface area (Å²) in [5.41, 5.74) is 0.519. The van der Waals surface area contributed by atoms with E-state index in [1.54, 1.807) is 0 Å². The molecule has 1 rings (SSSR count). The molecule has 0 saturated heterocycles. The van der Waals surface area contributed by atoms with Crippen LogP contribution in [0.1, 0.15) is 40.0 Å². The van der Waals surface area contributed by atoms with Crippen molar-refractivity contribution in [2.75, 3.05) is 6.61 Å². The maximum atomic E-state index is 9.03. The van der Waals surface area contributed by atoms with Crippen molar-refractivity contribution >= 4 is 0 Å². The van der Waals surface area contributed by atoms with Crippen molar-refractivity contribution in [3.05, 3.63) is 0 Å². The van der Waals surface area contributed by atoms with Gasteiger partial charge in [0, 0.05) is 6.61 Å². The van der Waals surface area contributed by atoms with Gasteiger partial charge in [0.1, 0.15) is 0 Å². The molecule has 0 aromatic carbocycles. The summed E-state index contributed by atoms with van der Waals surface area (Å²) >= 11 is 0. The van der Waals surface area contributed by atoms with Gasteiger partial charge in [-0.3, -0.25) is 0 Å². The standard InChI is InChI=1S/C10H20O/c1-8-6-10(2,3)5-4-9(8)7-11/h8-9,11H,4-7H2,1-3H3. The molecule has 2 unspecified atom stereocenters. The molecule has 1 fully saturated rings. The lowest BCUT2D eigenvalue weighted by atomic mass is 9.68. The molecule has 0 radical (unpaired) electrons. The third kappa shape index (κ3) is 2.19. The summed E-state index contributed by atoms with van der Waals surface area (Å²) in [5.74, 6) is 1.28. The predicted molar refractivity (Wildman–Crippen MR) is 47.4 cm³/mol. The lowest BCUT2D eigenvalue weighted by molar-refractivity contribution is 0.0816. The van der Waals surface area contributed by atoms with Crippen LogP contribution in [-0.2, 0) is 0 Å². The molecule has 1 aliphatic rings. The Balaban J connectivity index is 2.48. The van der Waals surface area contributed by atoms with Crippen molar-refractivity contribution in [3.63, 3.8) is 0 Å². The fourth-order valence-electron chi connectivity index (χ4n) is 2.27. The van der Waals surface area contributed by atoms with Gasteiger partial charge in [0.05, 0.1) is 0 Å². The van der Waals surface area contributed by atoms with Crippen LogP contribution in [0, 0.1) is 17.3 Å². The van der Waals surface area contributed by atoms with Gasteiger partial charge in [-0.2, -0.15) is 0 Å². The fourth-order valence-corrected chi connectivity index (χ4v) is 2.27. The van der Waals surface area contributed by atoms with Crippen LogP contribution < -0.4 is 0 Å². The van der Waals surface area contributed by atoms with Gasteiger partial charge in [0.2, 0.25) is 0 Å². The largest absolute Gasteiger partial charge is 0.396 e. The van der Waals surface area contributed by atoms with Crippen molar-refractivity contribution < 1.29 is 5.11 Å². The zero-order chi connectivity index (χ0) is 8.48. The molecule has 1 aliphatic carbocycles. The highest BCUT2D eigenvalue weighted by Gasteiger charge is 2.31. The molecule has 66 valence electrons.